The van der Waals surface area contributed by atoms with Gasteiger partial charge in [0.15, 0.2) is 0 Å². The van der Waals surface area contributed by atoms with Gasteiger partial charge in [0.25, 0.3) is 0 Å². The van der Waals surface area contributed by atoms with E-state index in [0.717, 1.165) is 23.6 Å². The fraction of sp³-hybridized carbons (Fsp3) is 0.500. The van der Waals surface area contributed by atoms with Crippen LogP contribution in [-0.4, -0.2) is 49.4 Å². The van der Waals surface area contributed by atoms with E-state index >= 15 is 0 Å². The van der Waals surface area contributed by atoms with E-state index in [1.807, 2.05) is 18.2 Å². The third kappa shape index (κ3) is 3.40. The van der Waals surface area contributed by atoms with Crippen molar-refractivity contribution in [2.75, 3.05) is 33.4 Å². The number of aromatic amines is 1. The zero-order valence-corrected chi connectivity index (χ0v) is 13.2. The van der Waals surface area contributed by atoms with Crippen LogP contribution in [0.5, 0.6) is 0 Å². The first-order valence-corrected chi connectivity index (χ1v) is 7.66. The Hall–Kier alpha value is -1.07. The zero-order valence-electron chi connectivity index (χ0n) is 12.5. The number of nitrogens with one attached hydrogen (secondary N) is 1. The van der Waals surface area contributed by atoms with E-state index in [1.54, 1.807) is 0 Å². The Morgan fingerprint density at radius 1 is 1.38 bits per heavy atom. The van der Waals surface area contributed by atoms with Crippen molar-refractivity contribution in [3.05, 3.63) is 34.5 Å². The molecule has 1 N–H and O–H groups in total. The second-order valence-electron chi connectivity index (χ2n) is 5.68. The molecular weight excluding hydrogens is 288 g/mol. The highest BCUT2D eigenvalue weighted by molar-refractivity contribution is 6.31. The number of likely N-dealkylation sites (N-methyl/N-ethyl adjacent to an activating group) is 1. The van der Waals surface area contributed by atoms with Gasteiger partial charge in [0, 0.05) is 34.7 Å². The molecule has 5 heteroatoms. The van der Waals surface area contributed by atoms with Gasteiger partial charge in [-0.25, -0.2) is 0 Å². The minimum Gasteiger partial charge on any atom is -0.376 e. The molecule has 0 bridgehead atoms. The molecule has 4 nitrogen and oxygen atoms in total. The average molecular weight is 309 g/mol. The molecule has 1 fully saturated rings. The maximum Gasteiger partial charge on any atom is 0.0936 e. The van der Waals surface area contributed by atoms with E-state index in [0.29, 0.717) is 19.8 Å². The molecule has 114 valence electrons. The summed E-state index contributed by atoms with van der Waals surface area (Å²) in [7, 11) is 2.11. The summed E-state index contributed by atoms with van der Waals surface area (Å²) >= 11 is 6.08. The topological polar surface area (TPSA) is 37.5 Å². The van der Waals surface area contributed by atoms with Crippen LogP contribution in [0.15, 0.2) is 18.2 Å². The van der Waals surface area contributed by atoms with Gasteiger partial charge in [-0.15, -0.1) is 0 Å². The Bertz CT molecular complexity index is 620. The molecule has 0 spiro atoms. The zero-order chi connectivity index (χ0) is 14.8. The normalized spacial score (nSPS) is 19.5. The lowest BCUT2D eigenvalue weighted by atomic mass is 10.1. The fourth-order valence-corrected chi connectivity index (χ4v) is 3.01. The molecule has 0 radical (unpaired) electrons. The number of fused-ring (bicyclic) bond motifs is 1. The summed E-state index contributed by atoms with van der Waals surface area (Å²) in [5.41, 5.74) is 3.63. The maximum atomic E-state index is 6.08. The summed E-state index contributed by atoms with van der Waals surface area (Å²) in [5, 5.41) is 1.97. The van der Waals surface area contributed by atoms with Gasteiger partial charge in [-0.2, -0.15) is 0 Å². The molecule has 2 heterocycles. The summed E-state index contributed by atoms with van der Waals surface area (Å²) in [6.07, 6.45) is 0.169. The molecule has 3 rings (SSSR count). The van der Waals surface area contributed by atoms with Crippen molar-refractivity contribution in [2.45, 2.75) is 19.6 Å². The Kier molecular flexibility index (Phi) is 4.50. The van der Waals surface area contributed by atoms with Crippen LogP contribution >= 0.6 is 11.6 Å². The molecule has 1 aliphatic heterocycles. The van der Waals surface area contributed by atoms with Crippen molar-refractivity contribution < 1.29 is 9.47 Å². The summed E-state index contributed by atoms with van der Waals surface area (Å²) in [4.78, 5) is 5.75. The minimum atomic E-state index is 0.169. The van der Waals surface area contributed by atoms with Gasteiger partial charge >= 0.3 is 0 Å². The molecule has 0 aliphatic carbocycles. The van der Waals surface area contributed by atoms with Gasteiger partial charge in [-0.3, -0.25) is 4.90 Å². The highest BCUT2D eigenvalue weighted by Crippen LogP contribution is 2.25. The molecule has 1 atom stereocenters. The second-order valence-corrected chi connectivity index (χ2v) is 6.12. The standard InChI is InChI=1S/C16H21ClN2O2/c1-11-14-7-12(17)3-4-15(14)18-16(11)9-19(2)8-13-10-20-5-6-21-13/h3-4,7,13,18H,5-6,8-10H2,1-2H3/t13-/m1/s1. The summed E-state index contributed by atoms with van der Waals surface area (Å²) in [6.45, 7) is 5.96. The van der Waals surface area contributed by atoms with Crippen molar-refractivity contribution in [2.24, 2.45) is 0 Å². The molecule has 1 aromatic carbocycles. The number of nitrogens with zero attached hydrogens (tertiary/aromatic N) is 1. The van der Waals surface area contributed by atoms with Crippen LogP contribution in [0.1, 0.15) is 11.3 Å². The lowest BCUT2D eigenvalue weighted by Crippen LogP contribution is -2.38. The predicted octanol–water partition coefficient (Wildman–Crippen LogP) is 2.98. The third-order valence-electron chi connectivity index (χ3n) is 3.95. The van der Waals surface area contributed by atoms with Crippen LogP contribution in [-0.2, 0) is 16.0 Å². The van der Waals surface area contributed by atoms with Gasteiger partial charge in [0.05, 0.1) is 25.9 Å². The number of hydrogen-bond donors (Lipinski definition) is 1. The Labute approximate surface area is 130 Å². The lowest BCUT2D eigenvalue weighted by molar-refractivity contribution is -0.0963. The molecule has 0 saturated carbocycles. The first-order chi connectivity index (χ1) is 10.1. The van der Waals surface area contributed by atoms with Gasteiger partial charge < -0.3 is 14.5 Å². The SMILES string of the molecule is Cc1c(CN(C)C[C@@H]2COCCO2)[nH]c2ccc(Cl)cc12. The molecule has 21 heavy (non-hydrogen) atoms. The molecule has 0 amide bonds. The maximum absolute atomic E-state index is 6.08. The first-order valence-electron chi connectivity index (χ1n) is 7.28. The molecule has 0 unspecified atom stereocenters. The van der Waals surface area contributed by atoms with Gasteiger partial charge in [0.2, 0.25) is 0 Å². The van der Waals surface area contributed by atoms with Gasteiger partial charge in [-0.05, 0) is 37.7 Å². The number of ether oxygens (including phenoxy) is 2. The van der Waals surface area contributed by atoms with Gasteiger partial charge in [0.1, 0.15) is 0 Å². The molecule has 1 aromatic heterocycles. The molecule has 1 saturated heterocycles. The van der Waals surface area contributed by atoms with Crippen LogP contribution in [0.2, 0.25) is 5.02 Å². The van der Waals surface area contributed by atoms with Crippen LogP contribution in [0.4, 0.5) is 0 Å². The van der Waals surface area contributed by atoms with Crippen LogP contribution in [0.3, 0.4) is 0 Å². The van der Waals surface area contributed by atoms with E-state index in [4.69, 9.17) is 21.1 Å². The quantitative estimate of drug-likeness (QED) is 0.943. The van der Waals surface area contributed by atoms with Crippen molar-refractivity contribution in [1.29, 1.82) is 0 Å². The van der Waals surface area contributed by atoms with E-state index in [-0.39, 0.29) is 6.10 Å². The average Bonchev–Trinajstić information content (AvgIpc) is 2.76. The monoisotopic (exact) mass is 308 g/mol. The van der Waals surface area contributed by atoms with Crippen LogP contribution in [0, 0.1) is 6.92 Å². The van der Waals surface area contributed by atoms with E-state index in [2.05, 4.69) is 23.9 Å². The first kappa shape index (κ1) is 14.9. The molecule has 2 aromatic rings. The van der Waals surface area contributed by atoms with E-state index in [9.17, 15) is 0 Å². The van der Waals surface area contributed by atoms with Crippen molar-refractivity contribution in [3.63, 3.8) is 0 Å². The van der Waals surface area contributed by atoms with Crippen LogP contribution < -0.4 is 0 Å². The van der Waals surface area contributed by atoms with Gasteiger partial charge in [-0.1, -0.05) is 11.6 Å². The number of rotatable bonds is 4. The van der Waals surface area contributed by atoms with Crippen molar-refractivity contribution >= 4 is 22.5 Å². The minimum absolute atomic E-state index is 0.169. The largest absolute Gasteiger partial charge is 0.376 e. The van der Waals surface area contributed by atoms with Crippen molar-refractivity contribution in [3.8, 4) is 0 Å². The predicted molar refractivity (Wildman–Crippen MR) is 84.9 cm³/mol. The summed E-state index contributed by atoms with van der Waals surface area (Å²) in [5.74, 6) is 0. The Morgan fingerprint density at radius 3 is 3.00 bits per heavy atom. The van der Waals surface area contributed by atoms with Crippen LogP contribution in [0.25, 0.3) is 10.9 Å². The summed E-state index contributed by atoms with van der Waals surface area (Å²) in [6, 6.07) is 5.97. The second kappa shape index (κ2) is 6.36. The lowest BCUT2D eigenvalue weighted by Gasteiger charge is -2.27. The Morgan fingerprint density at radius 2 is 2.24 bits per heavy atom. The third-order valence-corrected chi connectivity index (χ3v) is 4.19. The smallest absolute Gasteiger partial charge is 0.0936 e. The number of halogens is 1. The number of benzene rings is 1. The molecule has 1 aliphatic rings. The van der Waals surface area contributed by atoms with E-state index in [1.165, 1.54) is 16.6 Å². The Balaban J connectivity index is 1.70. The number of aryl methyl sites for hydroxylation is 1. The highest BCUT2D eigenvalue weighted by atomic mass is 35.5. The van der Waals surface area contributed by atoms with Crippen molar-refractivity contribution in [1.82, 2.24) is 9.88 Å². The number of aromatic nitrogens is 1. The highest BCUT2D eigenvalue weighted by Gasteiger charge is 2.17. The van der Waals surface area contributed by atoms with E-state index < -0.39 is 0 Å². The number of hydrogen-bond acceptors (Lipinski definition) is 3. The fourth-order valence-electron chi connectivity index (χ4n) is 2.84. The number of H-pyrrole nitrogens is 1. The molecular formula is C16H21ClN2O2. The summed E-state index contributed by atoms with van der Waals surface area (Å²) < 4.78 is 11.1.